The first-order chi connectivity index (χ1) is 8.33. The van der Waals surface area contributed by atoms with Gasteiger partial charge in [0.05, 0.1) is 10.6 Å². The van der Waals surface area contributed by atoms with Gasteiger partial charge in [-0.3, -0.25) is 5.10 Å². The standard InChI is InChI=1S/C12H16N4S/c1-9-2-3-11(17-9)10-8-12(15-14-10)16-6-4-13-5-7-16/h2-3,8,13H,4-7H2,1H3,(H,14,15). The second-order valence-corrected chi connectivity index (χ2v) is 5.58. The van der Waals surface area contributed by atoms with Gasteiger partial charge in [0.2, 0.25) is 0 Å². The maximum Gasteiger partial charge on any atom is 0.151 e. The Morgan fingerprint density at radius 2 is 2.12 bits per heavy atom. The van der Waals surface area contributed by atoms with Gasteiger partial charge in [-0.05, 0) is 19.1 Å². The fraction of sp³-hybridized carbons (Fsp3) is 0.417. The van der Waals surface area contributed by atoms with Gasteiger partial charge in [0, 0.05) is 37.1 Å². The Morgan fingerprint density at radius 3 is 2.82 bits per heavy atom. The number of piperazine rings is 1. The van der Waals surface area contributed by atoms with Crippen LogP contribution in [0.5, 0.6) is 0 Å². The topological polar surface area (TPSA) is 44.0 Å². The lowest BCUT2D eigenvalue weighted by Crippen LogP contribution is -2.43. The number of thiophene rings is 1. The molecule has 1 aliphatic rings. The quantitative estimate of drug-likeness (QED) is 0.852. The van der Waals surface area contributed by atoms with Gasteiger partial charge >= 0.3 is 0 Å². The number of hydrogen-bond acceptors (Lipinski definition) is 4. The summed E-state index contributed by atoms with van der Waals surface area (Å²) in [6.07, 6.45) is 0. The van der Waals surface area contributed by atoms with Crippen molar-refractivity contribution in [2.24, 2.45) is 0 Å². The van der Waals surface area contributed by atoms with Gasteiger partial charge in [-0.1, -0.05) is 0 Å². The first-order valence-corrected chi connectivity index (χ1v) is 6.72. The zero-order valence-electron chi connectivity index (χ0n) is 9.86. The fourth-order valence-electron chi connectivity index (χ4n) is 2.07. The molecule has 17 heavy (non-hydrogen) atoms. The van der Waals surface area contributed by atoms with Crippen molar-refractivity contribution in [2.75, 3.05) is 31.1 Å². The largest absolute Gasteiger partial charge is 0.353 e. The second kappa shape index (κ2) is 4.50. The van der Waals surface area contributed by atoms with E-state index in [1.54, 1.807) is 11.3 Å². The van der Waals surface area contributed by atoms with E-state index in [0.717, 1.165) is 37.7 Å². The summed E-state index contributed by atoms with van der Waals surface area (Å²) in [6, 6.07) is 6.44. The Hall–Kier alpha value is -1.33. The van der Waals surface area contributed by atoms with Crippen molar-refractivity contribution in [3.63, 3.8) is 0 Å². The minimum Gasteiger partial charge on any atom is -0.353 e. The van der Waals surface area contributed by atoms with Gasteiger partial charge in [0.1, 0.15) is 0 Å². The van der Waals surface area contributed by atoms with Crippen molar-refractivity contribution < 1.29 is 0 Å². The van der Waals surface area contributed by atoms with Crippen molar-refractivity contribution >= 4 is 17.2 Å². The molecule has 3 heterocycles. The maximum atomic E-state index is 4.41. The average molecular weight is 248 g/mol. The highest BCUT2D eigenvalue weighted by Gasteiger charge is 2.14. The third-order valence-electron chi connectivity index (χ3n) is 3.01. The van der Waals surface area contributed by atoms with Gasteiger partial charge in [-0.2, -0.15) is 5.10 Å². The van der Waals surface area contributed by atoms with Crippen LogP contribution in [0, 0.1) is 6.92 Å². The molecule has 0 atom stereocenters. The van der Waals surface area contributed by atoms with Crippen LogP contribution in [-0.4, -0.2) is 36.4 Å². The van der Waals surface area contributed by atoms with E-state index in [9.17, 15) is 0 Å². The monoisotopic (exact) mass is 248 g/mol. The molecule has 2 aromatic rings. The van der Waals surface area contributed by atoms with Crippen molar-refractivity contribution in [3.05, 3.63) is 23.1 Å². The number of nitrogens with zero attached hydrogens (tertiary/aromatic N) is 2. The molecule has 0 amide bonds. The molecular formula is C12H16N4S. The summed E-state index contributed by atoms with van der Waals surface area (Å²) >= 11 is 1.80. The molecule has 5 heteroatoms. The smallest absolute Gasteiger partial charge is 0.151 e. The van der Waals surface area contributed by atoms with Gasteiger partial charge in [0.15, 0.2) is 5.82 Å². The highest BCUT2D eigenvalue weighted by molar-refractivity contribution is 7.15. The van der Waals surface area contributed by atoms with Gasteiger partial charge in [-0.15, -0.1) is 11.3 Å². The van der Waals surface area contributed by atoms with Gasteiger partial charge < -0.3 is 10.2 Å². The zero-order valence-corrected chi connectivity index (χ0v) is 10.7. The van der Waals surface area contributed by atoms with Crippen molar-refractivity contribution in [2.45, 2.75) is 6.92 Å². The average Bonchev–Trinajstić information content (AvgIpc) is 2.98. The molecule has 0 saturated carbocycles. The lowest BCUT2D eigenvalue weighted by molar-refractivity contribution is 0.584. The number of aromatic amines is 1. The van der Waals surface area contributed by atoms with E-state index in [1.165, 1.54) is 9.75 Å². The first-order valence-electron chi connectivity index (χ1n) is 5.91. The molecule has 3 rings (SSSR count). The SMILES string of the molecule is Cc1ccc(-c2cc(N3CCNCC3)n[nH]2)s1. The lowest BCUT2D eigenvalue weighted by Gasteiger charge is -2.26. The van der Waals surface area contributed by atoms with Crippen LogP contribution in [0.1, 0.15) is 4.88 Å². The summed E-state index contributed by atoms with van der Waals surface area (Å²) in [5.41, 5.74) is 1.12. The van der Waals surface area contributed by atoms with E-state index in [4.69, 9.17) is 0 Å². The molecule has 90 valence electrons. The summed E-state index contributed by atoms with van der Waals surface area (Å²) in [4.78, 5) is 4.91. The van der Waals surface area contributed by atoms with Crippen LogP contribution in [-0.2, 0) is 0 Å². The number of H-pyrrole nitrogens is 1. The van der Waals surface area contributed by atoms with Gasteiger partial charge in [-0.25, -0.2) is 0 Å². The second-order valence-electron chi connectivity index (χ2n) is 4.29. The van der Waals surface area contributed by atoms with Crippen LogP contribution in [0.3, 0.4) is 0 Å². The van der Waals surface area contributed by atoms with Crippen LogP contribution in [0.2, 0.25) is 0 Å². The molecule has 2 N–H and O–H groups in total. The van der Waals surface area contributed by atoms with Crippen LogP contribution in [0.4, 0.5) is 5.82 Å². The van der Waals surface area contributed by atoms with Crippen LogP contribution in [0.15, 0.2) is 18.2 Å². The number of rotatable bonds is 2. The number of hydrogen-bond donors (Lipinski definition) is 2. The van der Waals surface area contributed by atoms with Crippen LogP contribution < -0.4 is 10.2 Å². The normalized spacial score (nSPS) is 16.4. The van der Waals surface area contributed by atoms with Crippen molar-refractivity contribution in [1.82, 2.24) is 15.5 Å². The lowest BCUT2D eigenvalue weighted by atomic mass is 10.3. The highest BCUT2D eigenvalue weighted by atomic mass is 32.1. The predicted octanol–water partition coefficient (Wildman–Crippen LogP) is 1.86. The molecule has 0 unspecified atom stereocenters. The molecule has 2 aromatic heterocycles. The minimum atomic E-state index is 1.04. The summed E-state index contributed by atoms with van der Waals surface area (Å²) in [7, 11) is 0. The third kappa shape index (κ3) is 2.21. The molecule has 0 aliphatic carbocycles. The Labute approximate surface area is 105 Å². The van der Waals surface area contributed by atoms with Gasteiger partial charge in [0.25, 0.3) is 0 Å². The summed E-state index contributed by atoms with van der Waals surface area (Å²) in [6.45, 7) is 6.28. The molecular weight excluding hydrogens is 232 g/mol. The Balaban J connectivity index is 1.82. The Kier molecular flexibility index (Phi) is 2.86. The molecule has 1 aliphatic heterocycles. The zero-order chi connectivity index (χ0) is 11.7. The molecule has 1 saturated heterocycles. The van der Waals surface area contributed by atoms with E-state index in [2.05, 4.69) is 45.5 Å². The Morgan fingerprint density at radius 1 is 1.29 bits per heavy atom. The molecule has 0 spiro atoms. The van der Waals surface area contributed by atoms with E-state index in [-0.39, 0.29) is 0 Å². The van der Waals surface area contributed by atoms with E-state index >= 15 is 0 Å². The van der Waals surface area contributed by atoms with Crippen molar-refractivity contribution in [3.8, 4) is 10.6 Å². The molecule has 1 fully saturated rings. The molecule has 4 nitrogen and oxygen atoms in total. The van der Waals surface area contributed by atoms with E-state index < -0.39 is 0 Å². The highest BCUT2D eigenvalue weighted by Crippen LogP contribution is 2.28. The molecule has 0 bridgehead atoms. The van der Waals surface area contributed by atoms with Crippen LogP contribution in [0.25, 0.3) is 10.6 Å². The number of aromatic nitrogens is 2. The van der Waals surface area contributed by atoms with Crippen LogP contribution >= 0.6 is 11.3 Å². The van der Waals surface area contributed by atoms with E-state index in [0.29, 0.717) is 0 Å². The van der Waals surface area contributed by atoms with E-state index in [1.807, 2.05) is 0 Å². The molecule has 0 radical (unpaired) electrons. The fourth-order valence-corrected chi connectivity index (χ4v) is 2.91. The molecule has 0 aromatic carbocycles. The third-order valence-corrected chi connectivity index (χ3v) is 4.05. The minimum absolute atomic E-state index is 1.04. The predicted molar refractivity (Wildman–Crippen MR) is 71.7 cm³/mol. The van der Waals surface area contributed by atoms with Crippen molar-refractivity contribution in [1.29, 1.82) is 0 Å². The maximum absolute atomic E-state index is 4.41. The summed E-state index contributed by atoms with van der Waals surface area (Å²) < 4.78 is 0. The number of aryl methyl sites for hydroxylation is 1. The first kappa shape index (κ1) is 10.8. The number of nitrogens with one attached hydrogen (secondary N) is 2. The number of anilines is 1. The summed E-state index contributed by atoms with van der Waals surface area (Å²) in [5.74, 6) is 1.06. The Bertz CT molecular complexity index is 496. The summed E-state index contributed by atoms with van der Waals surface area (Å²) in [5, 5.41) is 10.9.